The first-order valence-corrected chi connectivity index (χ1v) is 14.5. The predicted molar refractivity (Wildman–Crippen MR) is 152 cm³/mol. The molecule has 0 spiro atoms. The van der Waals surface area contributed by atoms with Gasteiger partial charge in [0.25, 0.3) is 5.91 Å². The fourth-order valence-corrected chi connectivity index (χ4v) is 5.98. The van der Waals surface area contributed by atoms with E-state index in [9.17, 15) is 27.5 Å². The van der Waals surface area contributed by atoms with Crippen molar-refractivity contribution in [3.8, 4) is 22.5 Å². The Bertz CT molecular complexity index is 1780. The van der Waals surface area contributed by atoms with Crippen LogP contribution in [0, 0.1) is 5.82 Å². The summed E-state index contributed by atoms with van der Waals surface area (Å²) < 4.78 is 64.5. The zero-order chi connectivity index (χ0) is 30.8. The summed E-state index contributed by atoms with van der Waals surface area (Å²) in [6.45, 7) is -0.448. The number of alkyl halides is 3. The molecule has 0 radical (unpaired) electrons. The van der Waals surface area contributed by atoms with Crippen molar-refractivity contribution in [1.29, 1.82) is 0 Å². The van der Waals surface area contributed by atoms with Gasteiger partial charge in [0.15, 0.2) is 5.82 Å². The Morgan fingerprint density at radius 1 is 1.07 bits per heavy atom. The molecule has 1 amide bonds. The fraction of sp³-hybridized carbons (Fsp3) is 0.375. The van der Waals surface area contributed by atoms with Crippen LogP contribution in [0.15, 0.2) is 48.8 Å². The normalized spacial score (nSPS) is 17.6. The molecule has 3 heterocycles. The minimum atomic E-state index is -4.70. The van der Waals surface area contributed by atoms with Gasteiger partial charge in [-0.05, 0) is 90.8 Å². The van der Waals surface area contributed by atoms with Crippen molar-refractivity contribution in [2.24, 2.45) is 7.05 Å². The molecule has 0 saturated heterocycles. The first-order chi connectivity index (χ1) is 21.0. The quantitative estimate of drug-likeness (QED) is 0.241. The number of rotatable bonds is 8. The topological polar surface area (TPSA) is 93.4 Å². The van der Waals surface area contributed by atoms with Crippen LogP contribution in [0.3, 0.4) is 0 Å². The second-order valence-corrected chi connectivity index (χ2v) is 12.0. The molecule has 0 unspecified atom stereocenters. The first-order valence-electron chi connectivity index (χ1n) is 14.5. The SMILES string of the molecule is Cn1cnnc1-c1cc(F)ccc1-c1cc(C2CC2)nc(N2Cc3c(cc(COCC4(O)CCC4)cc3C(F)(F)F)C2=O)c1. The van der Waals surface area contributed by atoms with Crippen molar-refractivity contribution >= 4 is 11.7 Å². The van der Waals surface area contributed by atoms with Crippen LogP contribution < -0.4 is 4.90 Å². The second-order valence-electron chi connectivity index (χ2n) is 12.0. The van der Waals surface area contributed by atoms with Crippen molar-refractivity contribution < 1.29 is 32.2 Å². The molecule has 7 rings (SSSR count). The molecule has 44 heavy (non-hydrogen) atoms. The summed E-state index contributed by atoms with van der Waals surface area (Å²) in [5.41, 5.74) is 0.655. The maximum absolute atomic E-state index is 14.4. The number of nitrogens with zero attached hydrogens (tertiary/aromatic N) is 5. The molecule has 1 aliphatic heterocycles. The van der Waals surface area contributed by atoms with Gasteiger partial charge in [0, 0.05) is 29.8 Å². The summed E-state index contributed by atoms with van der Waals surface area (Å²) >= 11 is 0. The number of carbonyl (C=O) groups excluding carboxylic acids is 1. The molecule has 3 aliphatic rings. The smallest absolute Gasteiger partial charge is 0.387 e. The molecule has 4 aromatic rings. The van der Waals surface area contributed by atoms with Gasteiger partial charge >= 0.3 is 6.18 Å². The minimum Gasteiger partial charge on any atom is -0.387 e. The number of anilines is 1. The number of benzene rings is 2. The third-order valence-corrected chi connectivity index (χ3v) is 8.68. The monoisotopic (exact) mass is 607 g/mol. The maximum atomic E-state index is 14.4. The Morgan fingerprint density at radius 2 is 1.86 bits per heavy atom. The third kappa shape index (κ3) is 5.26. The van der Waals surface area contributed by atoms with Gasteiger partial charge in [-0.15, -0.1) is 10.2 Å². The Balaban J connectivity index is 1.27. The summed E-state index contributed by atoms with van der Waals surface area (Å²) in [5.74, 6) is -0.243. The van der Waals surface area contributed by atoms with E-state index in [1.807, 2.05) is 6.07 Å². The van der Waals surface area contributed by atoms with E-state index < -0.39 is 29.1 Å². The van der Waals surface area contributed by atoms with Gasteiger partial charge in [-0.2, -0.15) is 13.2 Å². The lowest BCUT2D eigenvalue weighted by atomic mass is 9.81. The molecule has 228 valence electrons. The summed E-state index contributed by atoms with van der Waals surface area (Å²) in [6.07, 6.45) is 0.666. The number of carbonyl (C=O) groups is 1. The van der Waals surface area contributed by atoms with Crippen LogP contribution in [-0.2, 0) is 31.1 Å². The predicted octanol–water partition coefficient (Wildman–Crippen LogP) is 6.17. The van der Waals surface area contributed by atoms with E-state index in [1.54, 1.807) is 23.7 Å². The molecule has 0 bridgehead atoms. The Kier molecular flexibility index (Phi) is 6.81. The summed E-state index contributed by atoms with van der Waals surface area (Å²) in [4.78, 5) is 19.8. The summed E-state index contributed by atoms with van der Waals surface area (Å²) in [7, 11) is 1.74. The lowest BCUT2D eigenvalue weighted by molar-refractivity contribution is -0.138. The highest BCUT2D eigenvalue weighted by Gasteiger charge is 2.41. The minimum absolute atomic E-state index is 0.0197. The average molecular weight is 608 g/mol. The number of halogens is 4. The number of hydrogen-bond donors (Lipinski definition) is 1. The number of fused-ring (bicyclic) bond motifs is 1. The number of aromatic nitrogens is 4. The maximum Gasteiger partial charge on any atom is 0.416 e. The van der Waals surface area contributed by atoms with E-state index in [0.29, 0.717) is 41.1 Å². The van der Waals surface area contributed by atoms with Crippen molar-refractivity contribution in [2.75, 3.05) is 11.5 Å². The van der Waals surface area contributed by atoms with Gasteiger partial charge in [-0.1, -0.05) is 6.07 Å². The molecular weight excluding hydrogens is 578 g/mol. The van der Waals surface area contributed by atoms with E-state index >= 15 is 0 Å². The molecule has 0 atom stereocenters. The molecule has 2 aromatic carbocycles. The van der Waals surface area contributed by atoms with E-state index in [1.165, 1.54) is 29.4 Å². The zero-order valence-electron chi connectivity index (χ0n) is 23.9. The number of pyridine rings is 1. The molecule has 2 aromatic heterocycles. The number of hydrogen-bond acceptors (Lipinski definition) is 6. The Hall–Kier alpha value is -4.16. The van der Waals surface area contributed by atoms with E-state index in [2.05, 4.69) is 10.2 Å². The van der Waals surface area contributed by atoms with Gasteiger partial charge in [0.2, 0.25) is 0 Å². The van der Waals surface area contributed by atoms with Gasteiger partial charge < -0.3 is 14.4 Å². The summed E-state index contributed by atoms with van der Waals surface area (Å²) in [5, 5.41) is 18.4. The molecular formula is C32H29F4N5O3. The van der Waals surface area contributed by atoms with E-state index in [0.717, 1.165) is 25.3 Å². The fourth-order valence-electron chi connectivity index (χ4n) is 5.98. The molecule has 2 fully saturated rings. The van der Waals surface area contributed by atoms with Crippen LogP contribution in [0.1, 0.15) is 70.8 Å². The van der Waals surface area contributed by atoms with Gasteiger partial charge in [-0.25, -0.2) is 9.37 Å². The van der Waals surface area contributed by atoms with Crippen LogP contribution in [0.25, 0.3) is 22.5 Å². The van der Waals surface area contributed by atoms with Crippen molar-refractivity contribution in [3.05, 3.63) is 82.6 Å². The van der Waals surface area contributed by atoms with E-state index in [4.69, 9.17) is 9.72 Å². The third-order valence-electron chi connectivity index (χ3n) is 8.68. The van der Waals surface area contributed by atoms with Crippen LogP contribution in [-0.4, -0.2) is 43.0 Å². The standard InChI is InChI=1S/C32H29F4N5O3/c1-40-17-37-39-29(40)23-13-21(33)5-6-22(23)20-11-27(19-3-4-19)38-28(12-20)41-14-25-24(30(41)42)9-18(10-26(25)32(34,35)36)15-44-16-31(43)7-2-8-31/h5-6,9-13,17,19,43H,2-4,7-8,14-16H2,1H3. The van der Waals surface area contributed by atoms with Crippen LogP contribution >= 0.6 is 0 Å². The highest BCUT2D eigenvalue weighted by atomic mass is 19.4. The zero-order valence-corrected chi connectivity index (χ0v) is 23.9. The molecule has 1 N–H and O–H groups in total. The molecule has 2 aliphatic carbocycles. The lowest BCUT2D eigenvalue weighted by Gasteiger charge is -2.36. The molecule has 2 saturated carbocycles. The van der Waals surface area contributed by atoms with Crippen LogP contribution in [0.5, 0.6) is 0 Å². The number of ether oxygens (including phenoxy) is 1. The Labute approximate surface area is 250 Å². The highest BCUT2D eigenvalue weighted by molar-refractivity contribution is 6.10. The summed E-state index contributed by atoms with van der Waals surface area (Å²) in [6, 6.07) is 10.3. The van der Waals surface area contributed by atoms with Crippen LogP contribution in [0.2, 0.25) is 0 Å². The van der Waals surface area contributed by atoms with E-state index in [-0.39, 0.29) is 48.2 Å². The van der Waals surface area contributed by atoms with Crippen molar-refractivity contribution in [2.45, 2.75) is 63.0 Å². The number of amides is 1. The van der Waals surface area contributed by atoms with Crippen molar-refractivity contribution in [3.63, 3.8) is 0 Å². The largest absolute Gasteiger partial charge is 0.416 e. The average Bonchev–Trinajstić information content (AvgIpc) is 3.65. The van der Waals surface area contributed by atoms with Gasteiger partial charge in [0.05, 0.1) is 30.9 Å². The second kappa shape index (κ2) is 10.5. The Morgan fingerprint density at radius 3 is 2.52 bits per heavy atom. The van der Waals surface area contributed by atoms with Crippen molar-refractivity contribution in [1.82, 2.24) is 19.7 Å². The molecule has 8 nitrogen and oxygen atoms in total. The number of aryl methyl sites for hydroxylation is 1. The highest BCUT2D eigenvalue weighted by Crippen LogP contribution is 2.44. The first kappa shape index (κ1) is 28.6. The number of aliphatic hydroxyl groups is 1. The lowest BCUT2D eigenvalue weighted by Crippen LogP contribution is -2.41. The molecule has 12 heteroatoms. The van der Waals surface area contributed by atoms with Gasteiger partial charge in [0.1, 0.15) is 18.0 Å². The van der Waals surface area contributed by atoms with Crippen LogP contribution in [0.4, 0.5) is 23.4 Å². The van der Waals surface area contributed by atoms with Gasteiger partial charge in [-0.3, -0.25) is 9.69 Å².